The molecule has 0 radical (unpaired) electrons. The SMILES string of the molecule is CCCC[C@H]1C(=O)O[C@H](C)[C@@H]1OC(=O)C(C)(C)C. The maximum Gasteiger partial charge on any atom is 0.313 e. The molecule has 3 atom stereocenters. The van der Waals surface area contributed by atoms with E-state index < -0.39 is 11.5 Å². The predicted octanol–water partition coefficient (Wildman–Crippen LogP) is 2.70. The van der Waals surface area contributed by atoms with Crippen LogP contribution in [0.4, 0.5) is 0 Å². The second-order valence-electron chi connectivity index (χ2n) is 6.01. The lowest BCUT2D eigenvalue weighted by Crippen LogP contribution is -2.35. The standard InChI is InChI=1S/C14H24O4/c1-6-7-8-10-11(9(2)17-12(10)15)18-13(16)14(3,4)5/h9-11H,6-8H2,1-5H3/t9-,10-,11+/m1/s1. The van der Waals surface area contributed by atoms with E-state index in [0.717, 1.165) is 19.3 Å². The topological polar surface area (TPSA) is 52.6 Å². The highest BCUT2D eigenvalue weighted by Gasteiger charge is 2.45. The van der Waals surface area contributed by atoms with Gasteiger partial charge in [0, 0.05) is 0 Å². The molecule has 1 aliphatic rings. The minimum atomic E-state index is -0.555. The third-order valence-electron chi connectivity index (χ3n) is 3.19. The molecular weight excluding hydrogens is 232 g/mol. The van der Waals surface area contributed by atoms with Crippen LogP contribution in [0, 0.1) is 11.3 Å². The molecule has 0 amide bonds. The zero-order valence-corrected chi connectivity index (χ0v) is 12.0. The smallest absolute Gasteiger partial charge is 0.313 e. The van der Waals surface area contributed by atoms with Crippen LogP contribution < -0.4 is 0 Å². The maximum atomic E-state index is 11.9. The first-order valence-electron chi connectivity index (χ1n) is 6.69. The molecule has 0 aliphatic carbocycles. The van der Waals surface area contributed by atoms with Gasteiger partial charge in [-0.15, -0.1) is 0 Å². The van der Waals surface area contributed by atoms with Crippen LogP contribution in [0.5, 0.6) is 0 Å². The van der Waals surface area contributed by atoms with Gasteiger partial charge in [0.05, 0.1) is 11.3 Å². The van der Waals surface area contributed by atoms with Gasteiger partial charge in [-0.1, -0.05) is 19.8 Å². The molecule has 0 aromatic carbocycles. The van der Waals surface area contributed by atoms with Crippen molar-refractivity contribution in [3.05, 3.63) is 0 Å². The lowest BCUT2D eigenvalue weighted by molar-refractivity contribution is -0.162. The first-order valence-corrected chi connectivity index (χ1v) is 6.69. The summed E-state index contributed by atoms with van der Waals surface area (Å²) >= 11 is 0. The Morgan fingerprint density at radius 2 is 2.00 bits per heavy atom. The summed E-state index contributed by atoms with van der Waals surface area (Å²) in [6.07, 6.45) is 1.90. The molecule has 18 heavy (non-hydrogen) atoms. The van der Waals surface area contributed by atoms with Crippen molar-refractivity contribution in [2.75, 3.05) is 0 Å². The molecule has 1 fully saturated rings. The molecule has 1 saturated heterocycles. The lowest BCUT2D eigenvalue weighted by Gasteiger charge is -2.24. The van der Waals surface area contributed by atoms with Gasteiger partial charge in [-0.3, -0.25) is 9.59 Å². The van der Waals surface area contributed by atoms with Gasteiger partial charge in [-0.05, 0) is 34.1 Å². The molecule has 4 nitrogen and oxygen atoms in total. The largest absolute Gasteiger partial charge is 0.458 e. The quantitative estimate of drug-likeness (QED) is 0.726. The molecule has 0 aromatic rings. The van der Waals surface area contributed by atoms with Crippen molar-refractivity contribution in [1.82, 2.24) is 0 Å². The molecule has 0 bridgehead atoms. The number of ether oxygens (including phenoxy) is 2. The molecule has 0 unspecified atom stereocenters. The molecular formula is C14H24O4. The highest BCUT2D eigenvalue weighted by atomic mass is 16.6. The van der Waals surface area contributed by atoms with Gasteiger partial charge >= 0.3 is 11.9 Å². The van der Waals surface area contributed by atoms with E-state index in [9.17, 15) is 9.59 Å². The molecule has 0 aromatic heterocycles. The van der Waals surface area contributed by atoms with Crippen LogP contribution in [0.15, 0.2) is 0 Å². The first-order chi connectivity index (χ1) is 8.27. The van der Waals surface area contributed by atoms with Gasteiger partial charge in [0.1, 0.15) is 6.10 Å². The Balaban J connectivity index is 2.71. The molecule has 1 heterocycles. The highest BCUT2D eigenvalue weighted by molar-refractivity contribution is 5.79. The van der Waals surface area contributed by atoms with E-state index in [1.807, 2.05) is 0 Å². The zero-order chi connectivity index (χ0) is 13.9. The molecule has 0 spiro atoms. The van der Waals surface area contributed by atoms with Crippen molar-refractivity contribution in [2.24, 2.45) is 11.3 Å². The Kier molecular flexibility index (Phi) is 4.77. The Hall–Kier alpha value is -1.06. The van der Waals surface area contributed by atoms with Crippen LogP contribution in [0.2, 0.25) is 0 Å². The summed E-state index contributed by atoms with van der Waals surface area (Å²) in [7, 11) is 0. The number of cyclic esters (lactones) is 1. The average molecular weight is 256 g/mol. The van der Waals surface area contributed by atoms with Crippen LogP contribution in [0.25, 0.3) is 0 Å². The van der Waals surface area contributed by atoms with Gasteiger partial charge in [-0.2, -0.15) is 0 Å². The molecule has 4 heteroatoms. The summed E-state index contributed by atoms with van der Waals surface area (Å²) in [5, 5.41) is 0. The van der Waals surface area contributed by atoms with Crippen molar-refractivity contribution < 1.29 is 19.1 Å². The number of carbonyl (C=O) groups is 2. The Labute approximate surface area is 109 Å². The second-order valence-corrected chi connectivity index (χ2v) is 6.01. The van der Waals surface area contributed by atoms with Crippen LogP contribution in [0.3, 0.4) is 0 Å². The van der Waals surface area contributed by atoms with Crippen molar-refractivity contribution in [1.29, 1.82) is 0 Å². The van der Waals surface area contributed by atoms with Crippen LogP contribution in [-0.4, -0.2) is 24.1 Å². The summed E-state index contributed by atoms with van der Waals surface area (Å²) in [6.45, 7) is 9.26. The van der Waals surface area contributed by atoms with Crippen LogP contribution >= 0.6 is 0 Å². The van der Waals surface area contributed by atoms with E-state index in [2.05, 4.69) is 6.92 Å². The van der Waals surface area contributed by atoms with Crippen molar-refractivity contribution in [2.45, 2.75) is 66.1 Å². The molecule has 0 N–H and O–H groups in total. The summed E-state index contributed by atoms with van der Waals surface area (Å²) in [6, 6.07) is 0. The van der Waals surface area contributed by atoms with Crippen LogP contribution in [0.1, 0.15) is 53.9 Å². The van der Waals surface area contributed by atoms with Crippen molar-refractivity contribution in [3.63, 3.8) is 0 Å². The average Bonchev–Trinajstić information content (AvgIpc) is 2.50. The molecule has 0 saturated carbocycles. The third-order valence-corrected chi connectivity index (χ3v) is 3.19. The summed E-state index contributed by atoms with van der Waals surface area (Å²) in [5.74, 6) is -0.812. The maximum absolute atomic E-state index is 11.9. The highest BCUT2D eigenvalue weighted by Crippen LogP contribution is 2.30. The van der Waals surface area contributed by atoms with Crippen molar-refractivity contribution in [3.8, 4) is 0 Å². The number of hydrogen-bond acceptors (Lipinski definition) is 4. The number of carbonyl (C=O) groups excluding carboxylic acids is 2. The molecule has 104 valence electrons. The summed E-state index contributed by atoms with van der Waals surface area (Å²) < 4.78 is 10.7. The van der Waals surface area contributed by atoms with Gasteiger partial charge in [-0.25, -0.2) is 0 Å². The first kappa shape index (κ1) is 15.0. The minimum Gasteiger partial charge on any atom is -0.458 e. The van der Waals surface area contributed by atoms with Crippen molar-refractivity contribution >= 4 is 11.9 Å². The zero-order valence-electron chi connectivity index (χ0n) is 12.0. The fourth-order valence-electron chi connectivity index (χ4n) is 1.98. The van der Waals surface area contributed by atoms with E-state index in [1.165, 1.54) is 0 Å². The third kappa shape index (κ3) is 3.47. The Morgan fingerprint density at radius 3 is 2.50 bits per heavy atom. The second kappa shape index (κ2) is 5.72. The Morgan fingerprint density at radius 1 is 1.39 bits per heavy atom. The van der Waals surface area contributed by atoms with E-state index in [1.54, 1.807) is 27.7 Å². The Bertz CT molecular complexity index is 316. The van der Waals surface area contributed by atoms with Gasteiger partial charge in [0.15, 0.2) is 6.10 Å². The van der Waals surface area contributed by atoms with Crippen LogP contribution in [-0.2, 0) is 19.1 Å². The minimum absolute atomic E-state index is 0.234. The molecule has 1 aliphatic heterocycles. The number of hydrogen-bond donors (Lipinski definition) is 0. The number of esters is 2. The van der Waals surface area contributed by atoms with Gasteiger partial charge < -0.3 is 9.47 Å². The predicted molar refractivity (Wildman–Crippen MR) is 67.9 cm³/mol. The number of rotatable bonds is 4. The van der Waals surface area contributed by atoms with E-state index in [0.29, 0.717) is 0 Å². The normalized spacial score (nSPS) is 28.1. The van der Waals surface area contributed by atoms with Gasteiger partial charge in [0.2, 0.25) is 0 Å². The van der Waals surface area contributed by atoms with E-state index in [-0.39, 0.29) is 24.0 Å². The fourth-order valence-corrected chi connectivity index (χ4v) is 1.98. The number of unbranched alkanes of at least 4 members (excludes halogenated alkanes) is 1. The van der Waals surface area contributed by atoms with Gasteiger partial charge in [0.25, 0.3) is 0 Å². The summed E-state index contributed by atoms with van der Waals surface area (Å²) in [4.78, 5) is 23.6. The fraction of sp³-hybridized carbons (Fsp3) is 0.857. The van der Waals surface area contributed by atoms with E-state index >= 15 is 0 Å². The van der Waals surface area contributed by atoms with E-state index in [4.69, 9.17) is 9.47 Å². The lowest BCUT2D eigenvalue weighted by atomic mass is 9.94. The molecule has 1 rings (SSSR count). The monoisotopic (exact) mass is 256 g/mol. The summed E-state index contributed by atoms with van der Waals surface area (Å²) in [5.41, 5.74) is -0.555.